The van der Waals surface area contributed by atoms with E-state index in [1.807, 2.05) is 60.7 Å². The van der Waals surface area contributed by atoms with Gasteiger partial charge in [0.1, 0.15) is 0 Å². The number of benzene rings is 5. The van der Waals surface area contributed by atoms with E-state index in [-0.39, 0.29) is 63.9 Å². The van der Waals surface area contributed by atoms with E-state index >= 15 is 0 Å². The molecule has 0 saturated carbocycles. The zero-order valence-corrected chi connectivity index (χ0v) is 20.6. The Hall–Kier alpha value is -4.80. The molecule has 0 unspecified atom stereocenters. The van der Waals surface area contributed by atoms with Crippen molar-refractivity contribution in [3.63, 3.8) is 0 Å². The Morgan fingerprint density at radius 2 is 1.11 bits per heavy atom. The number of fused-ring (bicyclic) bond motifs is 3. The monoisotopic (exact) mass is 514 g/mol. The fourth-order valence-corrected chi connectivity index (χ4v) is 4.74. The molecular weight excluding hydrogens is 488 g/mol. The summed E-state index contributed by atoms with van der Waals surface area (Å²) in [6.07, 6.45) is 0. The number of halogens is 1. The van der Waals surface area contributed by atoms with Crippen LogP contribution in [0.1, 0.15) is 8.22 Å². The first-order chi connectivity index (χ1) is 21.2. The highest BCUT2D eigenvalue weighted by Crippen LogP contribution is 2.37. The number of nitrogens with zero attached hydrogens (tertiary/aromatic N) is 4. The van der Waals surface area contributed by atoms with Crippen LogP contribution in [0.15, 0.2) is 127 Å². The van der Waals surface area contributed by atoms with Crippen molar-refractivity contribution in [2.75, 3.05) is 0 Å². The van der Waals surface area contributed by atoms with Crippen molar-refractivity contribution in [3.05, 3.63) is 132 Å². The van der Waals surface area contributed by atoms with Gasteiger partial charge in [-0.3, -0.25) is 0 Å². The summed E-state index contributed by atoms with van der Waals surface area (Å²) in [4.78, 5) is 14.5. The summed E-state index contributed by atoms with van der Waals surface area (Å²) in [7, 11) is 0. The van der Waals surface area contributed by atoms with Crippen LogP contribution in [0, 0.1) is 0 Å². The smallest absolute Gasteiger partial charge is 0.166 e. The number of rotatable bonds is 4. The second kappa shape index (κ2) is 9.25. The van der Waals surface area contributed by atoms with Gasteiger partial charge in [0.05, 0.1) is 24.9 Å². The van der Waals surface area contributed by atoms with Crippen molar-refractivity contribution in [2.24, 2.45) is 0 Å². The lowest BCUT2D eigenvalue weighted by Crippen LogP contribution is -2.03. The molecule has 7 rings (SSSR count). The van der Waals surface area contributed by atoms with Crippen LogP contribution in [0.3, 0.4) is 0 Å². The van der Waals surface area contributed by atoms with E-state index in [4.69, 9.17) is 34.8 Å². The standard InChI is InChI=1S/C33H21ClN4/c34-24-19-20-30(38-28-17-9-7-15-25(28)26-16-8-10-18-29(26)38)27(21-24)33-36-31(22-11-3-1-4-12-22)35-32(37-33)23-13-5-2-6-14-23/h1-21H/i7D,8D,15D,16D,17D,18D. The van der Waals surface area contributed by atoms with Crippen molar-refractivity contribution in [1.29, 1.82) is 0 Å². The first-order valence-corrected chi connectivity index (χ1v) is 12.3. The topological polar surface area (TPSA) is 43.6 Å². The normalized spacial score (nSPS) is 13.5. The molecule has 0 radical (unpaired) electrons. The minimum Gasteiger partial charge on any atom is -0.309 e. The average molecular weight is 515 g/mol. The summed E-state index contributed by atoms with van der Waals surface area (Å²) in [5.74, 6) is 1.16. The lowest BCUT2D eigenvalue weighted by atomic mass is 10.1. The van der Waals surface area contributed by atoms with Crippen molar-refractivity contribution < 1.29 is 8.22 Å². The quantitative estimate of drug-likeness (QED) is 0.236. The largest absolute Gasteiger partial charge is 0.309 e. The molecule has 0 bridgehead atoms. The SMILES string of the molecule is [2H]c1cc([2H])c2c(c1[2H])c1c([2H])c([2H])cc([2H])c1n2-c1ccc(Cl)cc1-c1nc(-c2ccccc2)nc(-c2ccccc2)n1. The summed E-state index contributed by atoms with van der Waals surface area (Å²) in [6, 6.07) is 25.8. The highest BCUT2D eigenvalue weighted by Gasteiger charge is 2.19. The van der Waals surface area contributed by atoms with Gasteiger partial charge in [-0.15, -0.1) is 0 Å². The minimum atomic E-state index is -0.188. The summed E-state index contributed by atoms with van der Waals surface area (Å²) in [6.45, 7) is 0. The second-order valence-electron chi connectivity index (χ2n) is 8.60. The maximum Gasteiger partial charge on any atom is 0.166 e. The zero-order valence-electron chi connectivity index (χ0n) is 25.8. The molecule has 0 amide bonds. The highest BCUT2D eigenvalue weighted by molar-refractivity contribution is 6.31. The maximum atomic E-state index is 8.87. The molecule has 38 heavy (non-hydrogen) atoms. The van der Waals surface area contributed by atoms with E-state index in [0.29, 0.717) is 27.9 Å². The van der Waals surface area contributed by atoms with Crippen molar-refractivity contribution >= 4 is 33.4 Å². The van der Waals surface area contributed by atoms with E-state index in [1.165, 1.54) is 12.1 Å². The first-order valence-electron chi connectivity index (χ1n) is 14.9. The van der Waals surface area contributed by atoms with Gasteiger partial charge in [-0.1, -0.05) is 109 Å². The third-order valence-corrected chi connectivity index (χ3v) is 6.50. The van der Waals surface area contributed by atoms with Crippen LogP contribution in [0.5, 0.6) is 0 Å². The molecule has 2 heterocycles. The van der Waals surface area contributed by atoms with E-state index in [2.05, 4.69) is 0 Å². The molecular formula is C33H21ClN4. The van der Waals surface area contributed by atoms with Crippen LogP contribution < -0.4 is 0 Å². The van der Waals surface area contributed by atoms with Crippen LogP contribution in [0.25, 0.3) is 61.7 Å². The lowest BCUT2D eigenvalue weighted by molar-refractivity contribution is 1.06. The Morgan fingerprint density at radius 1 is 0.579 bits per heavy atom. The van der Waals surface area contributed by atoms with Crippen LogP contribution in [-0.4, -0.2) is 19.5 Å². The van der Waals surface area contributed by atoms with Gasteiger partial charge in [-0.05, 0) is 30.3 Å². The van der Waals surface area contributed by atoms with Gasteiger partial charge in [-0.2, -0.15) is 0 Å². The Balaban J connectivity index is 1.62. The zero-order chi connectivity index (χ0) is 30.7. The van der Waals surface area contributed by atoms with Crippen molar-refractivity contribution in [1.82, 2.24) is 19.5 Å². The fraction of sp³-hybridized carbons (Fsp3) is 0. The molecule has 0 N–H and O–H groups in total. The predicted octanol–water partition coefficient (Wildman–Crippen LogP) is 8.62. The van der Waals surface area contributed by atoms with Crippen LogP contribution >= 0.6 is 11.6 Å². The number of hydrogen-bond donors (Lipinski definition) is 0. The molecule has 0 fully saturated rings. The van der Waals surface area contributed by atoms with Gasteiger partial charge >= 0.3 is 0 Å². The van der Waals surface area contributed by atoms with E-state index < -0.39 is 0 Å². The molecule has 0 aliphatic carbocycles. The average Bonchev–Trinajstić information content (AvgIpc) is 3.41. The summed E-state index contributed by atoms with van der Waals surface area (Å²) >= 11 is 6.57. The van der Waals surface area contributed by atoms with Crippen molar-refractivity contribution in [2.45, 2.75) is 0 Å². The number of hydrogen-bond acceptors (Lipinski definition) is 3. The number of aromatic nitrogens is 4. The van der Waals surface area contributed by atoms with Gasteiger partial charge in [0.2, 0.25) is 0 Å². The lowest BCUT2D eigenvalue weighted by Gasteiger charge is -2.15. The predicted molar refractivity (Wildman–Crippen MR) is 155 cm³/mol. The van der Waals surface area contributed by atoms with E-state index in [9.17, 15) is 0 Å². The summed E-state index contributed by atoms with van der Waals surface area (Å²) < 4.78 is 53.5. The molecule has 4 nitrogen and oxygen atoms in total. The molecule has 0 atom stereocenters. The Morgan fingerprint density at radius 3 is 1.66 bits per heavy atom. The first kappa shape index (κ1) is 16.8. The van der Waals surface area contributed by atoms with Gasteiger partial charge in [-0.25, -0.2) is 15.0 Å². The number of para-hydroxylation sites is 2. The van der Waals surface area contributed by atoms with Crippen LogP contribution in [0.4, 0.5) is 0 Å². The minimum absolute atomic E-state index is 0.0611. The molecule has 5 aromatic carbocycles. The van der Waals surface area contributed by atoms with Crippen LogP contribution in [-0.2, 0) is 0 Å². The third kappa shape index (κ3) is 3.83. The Labute approximate surface area is 233 Å². The molecule has 0 aliphatic rings. The summed E-state index contributed by atoms with van der Waals surface area (Å²) in [5, 5.41) is 0.724. The van der Waals surface area contributed by atoms with Gasteiger partial charge in [0.15, 0.2) is 17.5 Å². The third-order valence-electron chi connectivity index (χ3n) is 6.27. The van der Waals surface area contributed by atoms with Crippen molar-refractivity contribution in [3.8, 4) is 39.9 Å². The molecule has 2 aromatic heterocycles. The molecule has 0 aliphatic heterocycles. The molecule has 0 saturated heterocycles. The molecule has 180 valence electrons. The highest BCUT2D eigenvalue weighted by atomic mass is 35.5. The maximum absolute atomic E-state index is 8.87. The fourth-order valence-electron chi connectivity index (χ4n) is 4.57. The van der Waals surface area contributed by atoms with E-state index in [0.717, 1.165) is 11.1 Å². The Kier molecular flexibility index (Phi) is 4.10. The Bertz CT molecular complexity index is 2130. The van der Waals surface area contributed by atoms with E-state index in [1.54, 1.807) is 22.8 Å². The molecule has 7 aromatic rings. The summed E-state index contributed by atoms with van der Waals surface area (Å²) in [5.41, 5.74) is 2.94. The van der Waals surface area contributed by atoms with Crippen LogP contribution in [0.2, 0.25) is 5.02 Å². The molecule has 0 spiro atoms. The molecule has 5 heteroatoms. The van der Waals surface area contributed by atoms with Gasteiger partial charge < -0.3 is 4.57 Å². The van der Waals surface area contributed by atoms with Gasteiger partial charge in [0, 0.05) is 32.5 Å². The second-order valence-corrected chi connectivity index (χ2v) is 9.03. The van der Waals surface area contributed by atoms with Gasteiger partial charge in [0.25, 0.3) is 0 Å².